The van der Waals surface area contributed by atoms with Crippen LogP contribution in [0.5, 0.6) is 0 Å². The van der Waals surface area contributed by atoms with E-state index in [0.29, 0.717) is 12.3 Å². The van der Waals surface area contributed by atoms with E-state index in [9.17, 15) is 9.59 Å². The maximum Gasteiger partial charge on any atom is 0.326 e. The van der Waals surface area contributed by atoms with Crippen molar-refractivity contribution >= 4 is 11.9 Å². The monoisotopic (exact) mass is 276 g/mol. The number of carboxylic acids is 1. The van der Waals surface area contributed by atoms with Gasteiger partial charge < -0.3 is 10.4 Å². The van der Waals surface area contributed by atoms with Gasteiger partial charge in [0.2, 0.25) is 0 Å². The number of aliphatic carboxylic acids is 1. The molecule has 0 spiro atoms. The molecule has 1 amide bonds. The van der Waals surface area contributed by atoms with Crippen LogP contribution in [-0.4, -0.2) is 28.0 Å². The van der Waals surface area contributed by atoms with Gasteiger partial charge >= 0.3 is 5.97 Å². The molecule has 1 saturated carbocycles. The summed E-state index contributed by atoms with van der Waals surface area (Å²) in [7, 11) is 0. The lowest BCUT2D eigenvalue weighted by molar-refractivity contribution is -0.139. The number of rotatable bonds is 7. The van der Waals surface area contributed by atoms with Crippen molar-refractivity contribution in [2.75, 3.05) is 0 Å². The van der Waals surface area contributed by atoms with Crippen LogP contribution in [0.3, 0.4) is 0 Å². The number of amides is 1. The molecule has 20 heavy (non-hydrogen) atoms. The zero-order chi connectivity index (χ0) is 14.5. The van der Waals surface area contributed by atoms with Crippen molar-refractivity contribution in [1.29, 1.82) is 0 Å². The van der Waals surface area contributed by atoms with Crippen LogP contribution in [0.15, 0.2) is 18.3 Å². The number of carbonyl (C=O) groups excluding carboxylic acids is 1. The van der Waals surface area contributed by atoms with Gasteiger partial charge in [-0.1, -0.05) is 25.8 Å². The molecule has 1 atom stereocenters. The third-order valence-corrected chi connectivity index (χ3v) is 3.52. The molecule has 0 bridgehead atoms. The van der Waals surface area contributed by atoms with E-state index in [4.69, 9.17) is 5.11 Å². The van der Waals surface area contributed by atoms with Gasteiger partial charge in [0.1, 0.15) is 11.7 Å². The fraction of sp³-hybridized carbons (Fsp3) is 0.533. The maximum absolute atomic E-state index is 12.0. The normalized spacial score (nSPS) is 15.7. The molecule has 1 aromatic rings. The van der Waals surface area contributed by atoms with E-state index < -0.39 is 17.9 Å². The first-order chi connectivity index (χ1) is 9.61. The number of nitrogens with zero attached hydrogens (tertiary/aromatic N) is 1. The van der Waals surface area contributed by atoms with E-state index in [1.54, 1.807) is 12.3 Å². The van der Waals surface area contributed by atoms with Crippen molar-refractivity contribution in [2.45, 2.75) is 51.0 Å². The Hall–Kier alpha value is -1.91. The van der Waals surface area contributed by atoms with Crippen LogP contribution in [0.4, 0.5) is 0 Å². The Morgan fingerprint density at radius 2 is 2.20 bits per heavy atom. The molecule has 2 rings (SSSR count). The molecule has 1 heterocycles. The number of hydrogen-bond acceptors (Lipinski definition) is 3. The van der Waals surface area contributed by atoms with Crippen molar-refractivity contribution in [3.8, 4) is 0 Å². The highest BCUT2D eigenvalue weighted by Gasteiger charge is 2.24. The number of carboxylic acid groups (broad SMARTS) is 1. The summed E-state index contributed by atoms with van der Waals surface area (Å²) in [4.78, 5) is 27.2. The van der Waals surface area contributed by atoms with Crippen LogP contribution in [0, 0.1) is 0 Å². The predicted molar refractivity (Wildman–Crippen MR) is 74.6 cm³/mol. The van der Waals surface area contributed by atoms with E-state index in [1.807, 2.05) is 13.0 Å². The second kappa shape index (κ2) is 6.50. The van der Waals surface area contributed by atoms with Gasteiger partial charge in [-0.2, -0.15) is 0 Å². The zero-order valence-corrected chi connectivity index (χ0v) is 11.6. The molecule has 0 radical (unpaired) electrons. The lowest BCUT2D eigenvalue weighted by Gasteiger charge is -2.13. The summed E-state index contributed by atoms with van der Waals surface area (Å²) in [5.41, 5.74) is 1.43. The van der Waals surface area contributed by atoms with E-state index in [1.165, 1.54) is 12.8 Å². The highest BCUT2D eigenvalue weighted by Crippen LogP contribution is 2.39. The second-order valence-electron chi connectivity index (χ2n) is 5.26. The molecular formula is C15H20N2O3. The Morgan fingerprint density at radius 3 is 2.70 bits per heavy atom. The Morgan fingerprint density at radius 1 is 1.45 bits per heavy atom. The molecule has 1 aliphatic carbocycles. The number of hydrogen-bond donors (Lipinski definition) is 2. The van der Waals surface area contributed by atoms with E-state index in [2.05, 4.69) is 10.3 Å². The van der Waals surface area contributed by atoms with Crippen molar-refractivity contribution in [3.63, 3.8) is 0 Å². The summed E-state index contributed by atoms with van der Waals surface area (Å²) in [6.45, 7) is 1.99. The molecule has 1 aromatic heterocycles. The average molecular weight is 276 g/mol. The Bertz CT molecular complexity index is 480. The molecule has 5 heteroatoms. The zero-order valence-electron chi connectivity index (χ0n) is 11.6. The van der Waals surface area contributed by atoms with Crippen molar-refractivity contribution in [3.05, 3.63) is 29.6 Å². The Balaban J connectivity index is 1.96. The highest BCUT2D eigenvalue weighted by molar-refractivity contribution is 5.94. The fourth-order valence-corrected chi connectivity index (χ4v) is 2.10. The minimum atomic E-state index is -0.999. The molecule has 108 valence electrons. The minimum Gasteiger partial charge on any atom is -0.480 e. The minimum absolute atomic E-state index is 0.275. The predicted octanol–water partition coefficient (Wildman–Crippen LogP) is 2.33. The molecule has 0 aliphatic heterocycles. The molecular weight excluding hydrogens is 256 g/mol. The number of nitrogens with one attached hydrogen (secondary N) is 1. The number of carbonyl (C=O) groups is 2. The standard InChI is InChI=1S/C15H20N2O3/c1-2-3-4-13(15(19)20)17-14(18)12-8-7-11(9-16-12)10-5-6-10/h7-10,13H,2-6H2,1H3,(H,17,18)(H,19,20). The van der Waals surface area contributed by atoms with Gasteiger partial charge in [0.05, 0.1) is 0 Å². The maximum atomic E-state index is 12.0. The Labute approximate surface area is 118 Å². The summed E-state index contributed by atoms with van der Waals surface area (Å²) in [5.74, 6) is -0.826. The van der Waals surface area contributed by atoms with Gasteiger partial charge in [0.25, 0.3) is 5.91 Å². The van der Waals surface area contributed by atoms with E-state index >= 15 is 0 Å². The van der Waals surface area contributed by atoms with Crippen LogP contribution in [0.25, 0.3) is 0 Å². The summed E-state index contributed by atoms with van der Waals surface area (Å²) >= 11 is 0. The first-order valence-electron chi connectivity index (χ1n) is 7.11. The molecule has 5 nitrogen and oxygen atoms in total. The third kappa shape index (κ3) is 3.79. The van der Waals surface area contributed by atoms with Crippen LogP contribution in [-0.2, 0) is 4.79 Å². The topological polar surface area (TPSA) is 79.3 Å². The third-order valence-electron chi connectivity index (χ3n) is 3.52. The highest BCUT2D eigenvalue weighted by atomic mass is 16.4. The van der Waals surface area contributed by atoms with E-state index in [-0.39, 0.29) is 5.69 Å². The lowest BCUT2D eigenvalue weighted by Crippen LogP contribution is -2.41. The van der Waals surface area contributed by atoms with E-state index in [0.717, 1.165) is 18.4 Å². The summed E-state index contributed by atoms with van der Waals surface area (Å²) in [6, 6.07) is 2.73. The second-order valence-corrected chi connectivity index (χ2v) is 5.26. The first kappa shape index (κ1) is 14.5. The van der Waals surface area contributed by atoms with Gasteiger partial charge in [-0.25, -0.2) is 4.79 Å². The molecule has 1 aliphatic rings. The van der Waals surface area contributed by atoms with Crippen molar-refractivity contribution in [1.82, 2.24) is 10.3 Å². The fourth-order valence-electron chi connectivity index (χ4n) is 2.10. The van der Waals surface area contributed by atoms with Crippen LogP contribution >= 0.6 is 0 Å². The number of unbranched alkanes of at least 4 members (excludes halogenated alkanes) is 1. The summed E-state index contributed by atoms with van der Waals surface area (Å²) in [5, 5.41) is 11.6. The molecule has 0 saturated heterocycles. The van der Waals surface area contributed by atoms with Gasteiger partial charge in [0, 0.05) is 6.20 Å². The van der Waals surface area contributed by atoms with Crippen molar-refractivity contribution < 1.29 is 14.7 Å². The largest absolute Gasteiger partial charge is 0.480 e. The Kier molecular flexibility index (Phi) is 4.71. The average Bonchev–Trinajstić information content (AvgIpc) is 3.27. The first-order valence-corrected chi connectivity index (χ1v) is 7.11. The number of aromatic nitrogens is 1. The van der Waals surface area contributed by atoms with Crippen LogP contribution in [0.1, 0.15) is 61.0 Å². The van der Waals surface area contributed by atoms with Crippen LogP contribution < -0.4 is 5.32 Å². The van der Waals surface area contributed by atoms with Crippen molar-refractivity contribution in [2.24, 2.45) is 0 Å². The van der Waals surface area contributed by atoms with Gasteiger partial charge in [-0.05, 0) is 36.8 Å². The smallest absolute Gasteiger partial charge is 0.326 e. The van der Waals surface area contributed by atoms with Gasteiger partial charge in [0.15, 0.2) is 0 Å². The number of pyridine rings is 1. The lowest BCUT2D eigenvalue weighted by atomic mass is 10.1. The molecule has 1 fully saturated rings. The molecule has 0 aromatic carbocycles. The molecule has 2 N–H and O–H groups in total. The van der Waals surface area contributed by atoms with Gasteiger partial charge in [-0.15, -0.1) is 0 Å². The van der Waals surface area contributed by atoms with Gasteiger partial charge in [-0.3, -0.25) is 9.78 Å². The quantitative estimate of drug-likeness (QED) is 0.801. The van der Waals surface area contributed by atoms with Crippen LogP contribution in [0.2, 0.25) is 0 Å². The summed E-state index contributed by atoms with van der Waals surface area (Å²) in [6.07, 6.45) is 6.20. The molecule has 1 unspecified atom stereocenters. The summed E-state index contributed by atoms with van der Waals surface area (Å²) < 4.78 is 0. The SMILES string of the molecule is CCCCC(NC(=O)c1ccc(C2CC2)cn1)C(=O)O.